The molecule has 2 aliphatic rings. The van der Waals surface area contributed by atoms with Crippen LogP contribution in [0.3, 0.4) is 0 Å². The molecule has 208 valence electrons. The highest BCUT2D eigenvalue weighted by Gasteiger charge is 2.35. The van der Waals surface area contributed by atoms with Crippen molar-refractivity contribution >= 4 is 35.0 Å². The number of halogens is 4. The second kappa shape index (κ2) is 12.4. The SMILES string of the molecule is COC(=O)C1=C(CN2CCN(Cc3ccccc3)CC2)NC(c2ncc(F)cc2F)=NC1c1ccc(Cl)cc1Cl. The highest BCUT2D eigenvalue weighted by molar-refractivity contribution is 6.35. The van der Waals surface area contributed by atoms with E-state index < -0.39 is 23.6 Å². The first-order valence-corrected chi connectivity index (χ1v) is 13.5. The van der Waals surface area contributed by atoms with Gasteiger partial charge in [0.15, 0.2) is 11.7 Å². The Morgan fingerprint density at radius 2 is 1.73 bits per heavy atom. The highest BCUT2D eigenvalue weighted by Crippen LogP contribution is 2.37. The summed E-state index contributed by atoms with van der Waals surface area (Å²) >= 11 is 12.7. The number of hydrogen-bond acceptors (Lipinski definition) is 7. The van der Waals surface area contributed by atoms with E-state index in [2.05, 4.69) is 37.2 Å². The van der Waals surface area contributed by atoms with Crippen LogP contribution in [0.4, 0.5) is 8.78 Å². The number of nitrogens with one attached hydrogen (secondary N) is 1. The predicted molar refractivity (Wildman–Crippen MR) is 150 cm³/mol. The number of piperazine rings is 1. The molecule has 7 nitrogen and oxygen atoms in total. The standard InChI is InChI=1S/C29H27Cl2F2N5O2/c1-40-29(39)25-24(17-38-11-9-37(10-12-38)16-18-5-3-2-4-6-18)35-28(27-23(33)14-20(32)15-34-27)36-26(25)21-8-7-19(30)13-22(21)31/h2-8,13-15,26H,9-12,16-17H2,1H3,(H,35,36). The van der Waals surface area contributed by atoms with Crippen molar-refractivity contribution in [1.82, 2.24) is 20.1 Å². The van der Waals surface area contributed by atoms with Gasteiger partial charge in [-0.1, -0.05) is 59.6 Å². The lowest BCUT2D eigenvalue weighted by atomic mass is 9.95. The van der Waals surface area contributed by atoms with Gasteiger partial charge in [0.2, 0.25) is 0 Å². The first-order valence-electron chi connectivity index (χ1n) is 12.7. The molecule has 40 heavy (non-hydrogen) atoms. The maximum Gasteiger partial charge on any atom is 0.338 e. The molecule has 3 heterocycles. The number of nitrogens with zero attached hydrogens (tertiary/aromatic N) is 4. The Labute approximate surface area is 241 Å². The third kappa shape index (κ3) is 6.33. The van der Waals surface area contributed by atoms with E-state index in [1.165, 1.54) is 12.7 Å². The smallest absolute Gasteiger partial charge is 0.338 e. The van der Waals surface area contributed by atoms with E-state index in [4.69, 9.17) is 27.9 Å². The molecule has 11 heteroatoms. The number of benzene rings is 2. The van der Waals surface area contributed by atoms with Crippen molar-refractivity contribution < 1.29 is 18.3 Å². The Kier molecular flexibility index (Phi) is 8.75. The van der Waals surface area contributed by atoms with Crippen molar-refractivity contribution in [3.05, 3.63) is 111 Å². The molecule has 1 fully saturated rings. The van der Waals surface area contributed by atoms with Crippen molar-refractivity contribution in [2.75, 3.05) is 39.8 Å². The third-order valence-corrected chi connectivity index (χ3v) is 7.48. The molecule has 0 saturated carbocycles. The van der Waals surface area contributed by atoms with Crippen molar-refractivity contribution in [2.24, 2.45) is 4.99 Å². The number of ether oxygens (including phenoxy) is 1. The fraction of sp³-hybridized carbons (Fsp3) is 0.276. The molecule has 1 saturated heterocycles. The van der Waals surface area contributed by atoms with Gasteiger partial charge in [0.05, 0.1) is 18.9 Å². The largest absolute Gasteiger partial charge is 0.466 e. The Morgan fingerprint density at radius 1 is 1.02 bits per heavy atom. The number of esters is 1. The molecule has 0 spiro atoms. The predicted octanol–water partition coefficient (Wildman–Crippen LogP) is 5.00. The van der Waals surface area contributed by atoms with E-state index in [-0.39, 0.29) is 22.1 Å². The summed E-state index contributed by atoms with van der Waals surface area (Å²) < 4.78 is 33.6. The number of carbonyl (C=O) groups is 1. The van der Waals surface area contributed by atoms with Crippen LogP contribution in [-0.4, -0.2) is 66.4 Å². The second-order valence-corrected chi connectivity index (χ2v) is 10.4. The Hall–Kier alpha value is -3.37. The van der Waals surface area contributed by atoms with Crippen LogP contribution in [0, 0.1) is 11.6 Å². The molecule has 1 N–H and O–H groups in total. The number of carbonyl (C=O) groups excluding carboxylic acids is 1. The minimum atomic E-state index is -0.936. The van der Waals surface area contributed by atoms with Crippen molar-refractivity contribution in [3.63, 3.8) is 0 Å². The number of rotatable bonds is 7. The molecular weight excluding hydrogens is 559 g/mol. The summed E-state index contributed by atoms with van der Waals surface area (Å²) in [6.07, 6.45) is 0.915. The summed E-state index contributed by atoms with van der Waals surface area (Å²) in [5.41, 5.74) is 2.28. The number of amidine groups is 1. The van der Waals surface area contributed by atoms with Crippen LogP contribution in [-0.2, 0) is 16.1 Å². The fourth-order valence-electron chi connectivity index (χ4n) is 4.90. The Morgan fingerprint density at radius 3 is 2.38 bits per heavy atom. The van der Waals surface area contributed by atoms with Gasteiger partial charge in [0.1, 0.15) is 17.6 Å². The lowest BCUT2D eigenvalue weighted by molar-refractivity contribution is -0.136. The average Bonchev–Trinajstić information content (AvgIpc) is 2.94. The number of hydrogen-bond donors (Lipinski definition) is 1. The topological polar surface area (TPSA) is 70.1 Å². The first kappa shape index (κ1) is 28.2. The van der Waals surface area contributed by atoms with Gasteiger partial charge in [-0.2, -0.15) is 0 Å². The molecule has 0 amide bonds. The lowest BCUT2D eigenvalue weighted by Gasteiger charge is -2.36. The number of aromatic nitrogens is 1. The zero-order valence-corrected chi connectivity index (χ0v) is 23.2. The average molecular weight is 586 g/mol. The van der Waals surface area contributed by atoms with Gasteiger partial charge in [0, 0.05) is 66.6 Å². The summed E-state index contributed by atoms with van der Waals surface area (Å²) in [6, 6.07) is 14.9. The van der Waals surface area contributed by atoms with Crippen molar-refractivity contribution in [1.29, 1.82) is 0 Å². The highest BCUT2D eigenvalue weighted by atomic mass is 35.5. The van der Waals surface area contributed by atoms with E-state index in [0.717, 1.165) is 45.0 Å². The zero-order chi connectivity index (χ0) is 28.2. The number of pyridine rings is 1. The summed E-state index contributed by atoms with van der Waals surface area (Å²) in [7, 11) is 1.29. The Balaban J connectivity index is 1.47. The van der Waals surface area contributed by atoms with Gasteiger partial charge in [0.25, 0.3) is 0 Å². The summed E-state index contributed by atoms with van der Waals surface area (Å²) in [6.45, 7) is 4.34. The molecule has 0 bridgehead atoms. The lowest BCUT2D eigenvalue weighted by Crippen LogP contribution is -2.48. The van der Waals surface area contributed by atoms with Gasteiger partial charge < -0.3 is 10.1 Å². The van der Waals surface area contributed by atoms with E-state index in [9.17, 15) is 13.6 Å². The molecule has 2 aromatic carbocycles. The van der Waals surface area contributed by atoms with Crippen LogP contribution in [0.5, 0.6) is 0 Å². The second-order valence-electron chi connectivity index (χ2n) is 9.58. The van der Waals surface area contributed by atoms with Gasteiger partial charge in [-0.3, -0.25) is 14.8 Å². The van der Waals surface area contributed by atoms with Crippen LogP contribution in [0.25, 0.3) is 0 Å². The number of aliphatic imine (C=N–C) groups is 1. The minimum absolute atomic E-state index is 0.0545. The van der Waals surface area contributed by atoms with E-state index in [1.54, 1.807) is 18.2 Å². The minimum Gasteiger partial charge on any atom is -0.466 e. The van der Waals surface area contributed by atoms with Crippen LogP contribution >= 0.6 is 23.2 Å². The van der Waals surface area contributed by atoms with E-state index >= 15 is 0 Å². The van der Waals surface area contributed by atoms with Crippen LogP contribution in [0.1, 0.15) is 22.9 Å². The molecular formula is C29H27Cl2F2N5O2. The third-order valence-electron chi connectivity index (χ3n) is 6.92. The van der Waals surface area contributed by atoms with Crippen LogP contribution in [0.15, 0.2) is 77.1 Å². The summed E-state index contributed by atoms with van der Waals surface area (Å²) in [5.74, 6) is -2.24. The molecule has 3 aromatic rings. The molecule has 1 unspecified atom stereocenters. The monoisotopic (exact) mass is 585 g/mol. The van der Waals surface area contributed by atoms with Crippen molar-refractivity contribution in [3.8, 4) is 0 Å². The normalized spacial score (nSPS) is 18.3. The van der Waals surface area contributed by atoms with Gasteiger partial charge in [-0.15, -0.1) is 0 Å². The Bertz CT molecular complexity index is 1460. The van der Waals surface area contributed by atoms with E-state index in [1.807, 2.05) is 18.2 Å². The molecule has 0 radical (unpaired) electrons. The molecule has 5 rings (SSSR count). The van der Waals surface area contributed by atoms with Crippen LogP contribution < -0.4 is 5.32 Å². The first-order chi connectivity index (χ1) is 19.3. The molecule has 0 aliphatic carbocycles. The van der Waals surface area contributed by atoms with Crippen molar-refractivity contribution in [2.45, 2.75) is 12.6 Å². The fourth-order valence-corrected chi connectivity index (χ4v) is 5.41. The maximum absolute atomic E-state index is 14.8. The molecule has 1 atom stereocenters. The number of methoxy groups -OCH3 is 1. The van der Waals surface area contributed by atoms with Crippen LogP contribution in [0.2, 0.25) is 10.0 Å². The van der Waals surface area contributed by atoms with Gasteiger partial charge in [-0.05, 0) is 17.7 Å². The maximum atomic E-state index is 14.8. The quantitative estimate of drug-likeness (QED) is 0.393. The van der Waals surface area contributed by atoms with E-state index in [0.29, 0.717) is 22.8 Å². The summed E-state index contributed by atoms with van der Waals surface area (Å²) in [5, 5.41) is 3.80. The zero-order valence-electron chi connectivity index (χ0n) is 21.7. The van der Waals surface area contributed by atoms with Gasteiger partial charge >= 0.3 is 5.97 Å². The summed E-state index contributed by atoms with van der Waals surface area (Å²) in [4.78, 5) is 26.3. The molecule has 2 aliphatic heterocycles. The van der Waals surface area contributed by atoms with Gasteiger partial charge in [-0.25, -0.2) is 18.6 Å². The molecule has 1 aromatic heterocycles.